The predicted octanol–water partition coefficient (Wildman–Crippen LogP) is 21.5. The fraction of sp³-hybridized carbons (Fsp3) is 0.0260. The summed E-state index contributed by atoms with van der Waals surface area (Å²) in [5.74, 6) is 0. The molecule has 0 aliphatic carbocycles. The Labute approximate surface area is 519 Å². The smallest absolute Gasteiger partial charge is 0.309 e. The lowest BCUT2D eigenvalue weighted by Crippen LogP contribution is -2.05. The van der Waals surface area contributed by atoms with Gasteiger partial charge in [0.15, 0.2) is 28.4 Å². The Balaban J connectivity index is 1.13. The third-order valence-electron chi connectivity index (χ3n) is 16.5. The van der Waals surface area contributed by atoms with Gasteiger partial charge in [-0.1, -0.05) is 84.9 Å². The monoisotopic (exact) mass is 1170 g/mol. The first-order valence-electron chi connectivity index (χ1n) is 27.9. The maximum absolute atomic E-state index is 14.3. The second-order valence-electron chi connectivity index (χ2n) is 21.5. The maximum atomic E-state index is 14.3. The third-order valence-corrected chi connectivity index (χ3v) is 16.5. The van der Waals surface area contributed by atoms with Gasteiger partial charge in [0.05, 0.1) is 107 Å². The molecule has 0 spiro atoms. The van der Waals surface area contributed by atoms with Gasteiger partial charge in [0, 0.05) is 38.2 Å². The minimum atomic E-state index is -4.61. The molecule has 0 bridgehead atoms. The number of hydrogen-bond acceptors (Lipinski definition) is 4. The summed E-state index contributed by atoms with van der Waals surface area (Å²) in [5, 5.41) is 43.3. The molecular formula is C77H36F3N11. The topological polar surface area (TPSA) is 127 Å². The fourth-order valence-corrected chi connectivity index (χ4v) is 12.3. The highest BCUT2D eigenvalue weighted by molar-refractivity contribution is 6.15. The molecule has 91 heavy (non-hydrogen) atoms. The van der Waals surface area contributed by atoms with Gasteiger partial charge in [-0.25, -0.2) is 24.2 Å². The summed E-state index contributed by atoms with van der Waals surface area (Å²) in [6.45, 7) is 41.7. The fourth-order valence-electron chi connectivity index (χ4n) is 12.3. The molecule has 0 saturated carbocycles. The number of halogens is 3. The molecule has 2 heterocycles. The van der Waals surface area contributed by atoms with Crippen LogP contribution in [0.2, 0.25) is 0 Å². The second-order valence-corrected chi connectivity index (χ2v) is 21.5. The van der Waals surface area contributed by atoms with Gasteiger partial charge in [0.1, 0.15) is 0 Å². The van der Waals surface area contributed by atoms with Gasteiger partial charge in [0.2, 0.25) is 0 Å². The van der Waals surface area contributed by atoms with E-state index in [1.54, 1.807) is 91.9 Å². The molecule has 0 fully saturated rings. The Morgan fingerprint density at radius 2 is 0.725 bits per heavy atom. The standard InChI is InChI=1S/C77H36F3N11/c1-44-29-54(77(78,79)80)14-20-58(44)47-9-23-75(90-71-25-11-49(60-21-15-55(85-2)32-53(60)43-84)35-64(71)66-37-51(13-27-73(66)90)62-22-16-57(87-4)39-70(62)89-6)67(33-47)68-38-56(86-3)17-28-76(68)91-72-24-10-48(59-18-7-45(40-81)30-52(59)42-83)34-63(72)65-36-50(12-26-74(65)91)61-19-8-46(41-82)31-69(61)88-5/h7-39H,1H3. The zero-order valence-corrected chi connectivity index (χ0v) is 47.6. The SMILES string of the molecule is [C-]#[N+]c1ccc(-c2ccc3c(c2)c2cc(-c4ccc([N+]#[C-])cc4[N+]#[C-])ccc2n3-c2ccc(-c3ccc(C(F)(F)F)cc3C)cc2-c2cc([N+]#[C-])ccc2-n2c3ccc(-c4ccc(C#N)cc4C#N)cc3c3cc(-c4ccc(C#N)cc4[N+]#[C-])ccc32)c(C#N)c1. The minimum absolute atomic E-state index is 0.273. The molecule has 0 aliphatic heterocycles. The summed E-state index contributed by atoms with van der Waals surface area (Å²) in [7, 11) is 0. The molecule has 0 N–H and O–H groups in total. The van der Waals surface area contributed by atoms with E-state index in [-0.39, 0.29) is 22.6 Å². The van der Waals surface area contributed by atoms with Gasteiger partial charge in [-0.15, -0.1) is 0 Å². The van der Waals surface area contributed by atoms with E-state index in [4.69, 9.17) is 32.9 Å². The number of rotatable bonds is 8. The van der Waals surface area contributed by atoms with Crippen LogP contribution in [0, 0.1) is 85.1 Å². The molecule has 11 nitrogen and oxygen atoms in total. The van der Waals surface area contributed by atoms with Crippen molar-refractivity contribution in [3.8, 4) is 102 Å². The van der Waals surface area contributed by atoms with Crippen molar-refractivity contribution in [3.63, 3.8) is 0 Å². The number of alkyl halides is 3. The molecule has 13 rings (SSSR count). The normalized spacial score (nSPS) is 11.0. The summed E-state index contributed by atoms with van der Waals surface area (Å²) >= 11 is 0. The number of fused-ring (bicyclic) bond motifs is 6. The second kappa shape index (κ2) is 22.3. The Morgan fingerprint density at radius 3 is 1.21 bits per heavy atom. The molecule has 420 valence electrons. The zero-order chi connectivity index (χ0) is 63.4. The Morgan fingerprint density at radius 1 is 0.341 bits per heavy atom. The van der Waals surface area contributed by atoms with Crippen molar-refractivity contribution in [3.05, 3.63) is 291 Å². The number of benzene rings is 11. The number of nitriles is 4. The Hall–Kier alpha value is -13.8. The predicted molar refractivity (Wildman–Crippen MR) is 348 cm³/mol. The molecule has 11 aromatic carbocycles. The van der Waals surface area contributed by atoms with Crippen LogP contribution in [0.15, 0.2) is 200 Å². The van der Waals surface area contributed by atoms with Crippen LogP contribution >= 0.6 is 0 Å². The lowest BCUT2D eigenvalue weighted by atomic mass is 9.92. The first-order chi connectivity index (χ1) is 44.2. The van der Waals surface area contributed by atoms with E-state index in [0.29, 0.717) is 134 Å². The van der Waals surface area contributed by atoms with Crippen LogP contribution in [-0.2, 0) is 6.18 Å². The summed E-state index contributed by atoms with van der Waals surface area (Å²) in [4.78, 5) is 18.7. The van der Waals surface area contributed by atoms with Crippen molar-refractivity contribution in [2.45, 2.75) is 13.1 Å². The van der Waals surface area contributed by atoms with E-state index in [1.165, 1.54) is 6.07 Å². The van der Waals surface area contributed by atoms with E-state index in [2.05, 4.69) is 57.6 Å². The van der Waals surface area contributed by atoms with Crippen LogP contribution < -0.4 is 0 Å². The molecule has 0 unspecified atom stereocenters. The van der Waals surface area contributed by atoms with Gasteiger partial charge in [-0.05, 0) is 189 Å². The number of hydrogen-bond donors (Lipinski definition) is 0. The highest BCUT2D eigenvalue weighted by Crippen LogP contribution is 2.48. The highest BCUT2D eigenvalue weighted by Gasteiger charge is 2.31. The zero-order valence-electron chi connectivity index (χ0n) is 47.6. The van der Waals surface area contributed by atoms with Crippen LogP contribution in [0.5, 0.6) is 0 Å². The van der Waals surface area contributed by atoms with Crippen molar-refractivity contribution in [2.24, 2.45) is 0 Å². The molecule has 0 atom stereocenters. The summed E-state index contributed by atoms with van der Waals surface area (Å²) in [5.41, 5.74) is 13.5. The van der Waals surface area contributed by atoms with E-state index < -0.39 is 11.7 Å². The van der Waals surface area contributed by atoms with E-state index in [1.807, 2.05) is 97.1 Å². The lowest BCUT2D eigenvalue weighted by molar-refractivity contribution is -0.137. The van der Waals surface area contributed by atoms with Crippen molar-refractivity contribution < 1.29 is 13.2 Å². The Bertz CT molecular complexity index is 5530. The van der Waals surface area contributed by atoms with Crippen LogP contribution in [-0.4, -0.2) is 9.13 Å². The number of nitrogens with zero attached hydrogens (tertiary/aromatic N) is 11. The van der Waals surface area contributed by atoms with Crippen LogP contribution in [0.25, 0.3) is 146 Å². The first-order valence-corrected chi connectivity index (χ1v) is 27.9. The van der Waals surface area contributed by atoms with Crippen LogP contribution in [0.4, 0.5) is 41.6 Å². The van der Waals surface area contributed by atoms with Gasteiger partial charge >= 0.3 is 6.18 Å². The molecule has 2 aromatic heterocycles. The quantitative estimate of drug-likeness (QED) is 0.140. The molecule has 0 radical (unpaired) electrons. The average molecular weight is 1170 g/mol. The minimum Gasteiger partial charge on any atom is -0.309 e. The van der Waals surface area contributed by atoms with Gasteiger partial charge in [0.25, 0.3) is 0 Å². The van der Waals surface area contributed by atoms with Gasteiger partial charge in [-0.2, -0.15) is 34.2 Å². The number of aryl methyl sites for hydroxylation is 1. The highest BCUT2D eigenvalue weighted by atomic mass is 19.4. The molecule has 0 amide bonds. The van der Waals surface area contributed by atoms with E-state index in [0.717, 1.165) is 33.7 Å². The molecule has 14 heteroatoms. The summed E-state index contributed by atoms with van der Waals surface area (Å²) < 4.78 is 47.1. The maximum Gasteiger partial charge on any atom is 0.416 e. The van der Waals surface area contributed by atoms with Gasteiger partial charge in [-0.3, -0.25) is 0 Å². The molecule has 0 aliphatic rings. The van der Waals surface area contributed by atoms with Crippen molar-refractivity contribution in [1.82, 2.24) is 9.13 Å². The first kappa shape index (κ1) is 56.4. The lowest BCUT2D eigenvalue weighted by Gasteiger charge is -2.21. The summed E-state index contributed by atoms with van der Waals surface area (Å²) in [6.07, 6.45) is -4.61. The molecular weight excluding hydrogens is 1140 g/mol. The summed E-state index contributed by atoms with van der Waals surface area (Å²) in [6, 6.07) is 66.5. The van der Waals surface area contributed by atoms with Crippen molar-refractivity contribution in [1.29, 1.82) is 21.0 Å². The van der Waals surface area contributed by atoms with Crippen LogP contribution in [0.1, 0.15) is 33.4 Å². The molecule has 0 saturated heterocycles. The third kappa shape index (κ3) is 9.59. The number of aromatic nitrogens is 2. The van der Waals surface area contributed by atoms with Crippen molar-refractivity contribution in [2.75, 3.05) is 0 Å². The average Bonchev–Trinajstić information content (AvgIpc) is 1.60. The van der Waals surface area contributed by atoms with E-state index in [9.17, 15) is 34.2 Å². The van der Waals surface area contributed by atoms with E-state index >= 15 is 0 Å². The Kier molecular flexibility index (Phi) is 13.8. The van der Waals surface area contributed by atoms with Crippen molar-refractivity contribution >= 4 is 72.0 Å². The largest absolute Gasteiger partial charge is 0.416 e. The van der Waals surface area contributed by atoms with Gasteiger partial charge < -0.3 is 9.13 Å². The molecule has 13 aromatic rings. The van der Waals surface area contributed by atoms with Crippen LogP contribution in [0.3, 0.4) is 0 Å².